The fourth-order valence-electron chi connectivity index (χ4n) is 1.69. The lowest BCUT2D eigenvalue weighted by atomic mass is 9.85. The van der Waals surface area contributed by atoms with Gasteiger partial charge in [0, 0.05) is 19.1 Å². The first-order valence-corrected chi connectivity index (χ1v) is 6.60. The summed E-state index contributed by atoms with van der Waals surface area (Å²) < 4.78 is 0. The monoisotopic (exact) mass is 270 g/mol. The van der Waals surface area contributed by atoms with Crippen LogP contribution in [0.1, 0.15) is 40.5 Å². The number of carboxylic acids is 1. The fourth-order valence-corrected chi connectivity index (χ4v) is 1.69. The molecular weight excluding hydrogens is 244 g/mol. The third-order valence-electron chi connectivity index (χ3n) is 2.85. The van der Waals surface area contributed by atoms with E-state index in [0.29, 0.717) is 13.1 Å². The van der Waals surface area contributed by atoms with Gasteiger partial charge in [-0.3, -0.25) is 4.79 Å². The molecule has 0 fully saturated rings. The van der Waals surface area contributed by atoms with Gasteiger partial charge in [-0.25, -0.2) is 4.79 Å². The topological polar surface area (TPSA) is 69.6 Å². The van der Waals surface area contributed by atoms with Crippen molar-refractivity contribution in [3.8, 4) is 0 Å². The Morgan fingerprint density at radius 1 is 1.42 bits per heavy atom. The van der Waals surface area contributed by atoms with Crippen molar-refractivity contribution in [3.05, 3.63) is 12.7 Å². The minimum absolute atomic E-state index is 0.0801. The van der Waals surface area contributed by atoms with Gasteiger partial charge >= 0.3 is 12.0 Å². The summed E-state index contributed by atoms with van der Waals surface area (Å²) in [6.07, 6.45) is 2.43. The van der Waals surface area contributed by atoms with E-state index in [1.165, 1.54) is 0 Å². The zero-order valence-corrected chi connectivity index (χ0v) is 12.4. The lowest BCUT2D eigenvalue weighted by molar-refractivity contribution is -0.138. The third-order valence-corrected chi connectivity index (χ3v) is 2.85. The second-order valence-electron chi connectivity index (χ2n) is 5.70. The number of nitrogens with zero attached hydrogens (tertiary/aromatic N) is 1. The molecule has 110 valence electrons. The molecule has 0 saturated carbocycles. The van der Waals surface area contributed by atoms with Gasteiger partial charge in [-0.05, 0) is 11.8 Å². The number of aliphatic carboxylic acids is 1. The molecule has 0 rings (SSSR count). The highest BCUT2D eigenvalue weighted by atomic mass is 16.4. The van der Waals surface area contributed by atoms with Crippen molar-refractivity contribution >= 4 is 12.0 Å². The predicted octanol–water partition coefficient (Wildman–Crippen LogP) is 2.48. The summed E-state index contributed by atoms with van der Waals surface area (Å²) in [4.78, 5) is 24.6. The summed E-state index contributed by atoms with van der Waals surface area (Å²) in [7, 11) is 0. The number of hydrogen-bond donors (Lipinski definition) is 2. The van der Waals surface area contributed by atoms with E-state index in [0.717, 1.165) is 6.42 Å². The lowest BCUT2D eigenvalue weighted by Gasteiger charge is -2.32. The molecule has 0 aliphatic heterocycles. The summed E-state index contributed by atoms with van der Waals surface area (Å²) in [5.74, 6) is -0.911. The minimum Gasteiger partial charge on any atom is -0.481 e. The number of urea groups is 1. The summed E-state index contributed by atoms with van der Waals surface area (Å²) >= 11 is 0. The smallest absolute Gasteiger partial charge is 0.317 e. The van der Waals surface area contributed by atoms with Gasteiger partial charge in [0.15, 0.2) is 0 Å². The van der Waals surface area contributed by atoms with Crippen LogP contribution in [-0.2, 0) is 4.79 Å². The zero-order chi connectivity index (χ0) is 15.1. The van der Waals surface area contributed by atoms with Gasteiger partial charge in [-0.1, -0.05) is 33.8 Å². The Balaban J connectivity index is 4.76. The summed E-state index contributed by atoms with van der Waals surface area (Å²) in [6.45, 7) is 12.4. The van der Waals surface area contributed by atoms with Crippen LogP contribution in [0.2, 0.25) is 0 Å². The van der Waals surface area contributed by atoms with E-state index in [4.69, 9.17) is 5.11 Å². The first kappa shape index (κ1) is 17.5. The van der Waals surface area contributed by atoms with Crippen LogP contribution >= 0.6 is 0 Å². The Labute approximate surface area is 115 Å². The van der Waals surface area contributed by atoms with Crippen molar-refractivity contribution < 1.29 is 14.7 Å². The van der Waals surface area contributed by atoms with E-state index in [1.54, 1.807) is 11.0 Å². The largest absolute Gasteiger partial charge is 0.481 e. The highest BCUT2D eigenvalue weighted by Crippen LogP contribution is 2.22. The van der Waals surface area contributed by atoms with Crippen molar-refractivity contribution in [2.24, 2.45) is 5.41 Å². The molecule has 2 amide bonds. The Bertz CT molecular complexity index is 321. The van der Waals surface area contributed by atoms with Crippen LogP contribution in [0.25, 0.3) is 0 Å². The van der Waals surface area contributed by atoms with Crippen molar-refractivity contribution in [1.29, 1.82) is 0 Å². The van der Waals surface area contributed by atoms with E-state index in [1.807, 2.05) is 27.7 Å². The number of hydrogen-bond acceptors (Lipinski definition) is 2. The number of rotatable bonds is 7. The van der Waals surface area contributed by atoms with Crippen LogP contribution in [0.15, 0.2) is 12.7 Å². The lowest BCUT2D eigenvalue weighted by Crippen LogP contribution is -2.50. The van der Waals surface area contributed by atoms with Gasteiger partial charge in [0.05, 0.1) is 6.42 Å². The van der Waals surface area contributed by atoms with Gasteiger partial charge in [0.2, 0.25) is 0 Å². The molecule has 0 aliphatic rings. The standard InChI is InChI=1S/C14H26N2O3/c1-6-8-16(9-7-2)13(19)15-11(10-12(17)18)14(3,4)5/h6,11H,1,7-10H2,2-5H3,(H,15,19)(H,17,18). The van der Waals surface area contributed by atoms with Gasteiger partial charge in [-0.15, -0.1) is 6.58 Å². The minimum atomic E-state index is -0.911. The van der Waals surface area contributed by atoms with Crippen LogP contribution in [0.5, 0.6) is 0 Å². The molecule has 0 aliphatic carbocycles. The van der Waals surface area contributed by atoms with E-state index in [9.17, 15) is 9.59 Å². The number of carbonyl (C=O) groups is 2. The number of nitrogens with one attached hydrogen (secondary N) is 1. The number of carboxylic acid groups (broad SMARTS) is 1. The molecule has 0 aromatic heterocycles. The van der Waals surface area contributed by atoms with E-state index < -0.39 is 12.0 Å². The van der Waals surface area contributed by atoms with Crippen LogP contribution in [0.4, 0.5) is 4.79 Å². The van der Waals surface area contributed by atoms with Crippen LogP contribution in [0.3, 0.4) is 0 Å². The second kappa shape index (κ2) is 7.81. The maximum Gasteiger partial charge on any atom is 0.317 e. The fraction of sp³-hybridized carbons (Fsp3) is 0.714. The Morgan fingerprint density at radius 3 is 2.37 bits per heavy atom. The Kier molecular flexibility index (Phi) is 7.19. The third kappa shape index (κ3) is 6.84. The molecule has 2 N–H and O–H groups in total. The molecule has 1 atom stereocenters. The summed E-state index contributed by atoms with van der Waals surface area (Å²) in [6, 6.07) is -0.635. The SMILES string of the molecule is C=CCN(CCC)C(=O)NC(CC(=O)O)C(C)(C)C. The molecule has 5 heteroatoms. The van der Waals surface area contributed by atoms with Gasteiger partial charge in [-0.2, -0.15) is 0 Å². The van der Waals surface area contributed by atoms with Gasteiger partial charge < -0.3 is 15.3 Å². The van der Waals surface area contributed by atoms with Crippen molar-refractivity contribution in [2.75, 3.05) is 13.1 Å². The highest BCUT2D eigenvalue weighted by Gasteiger charge is 2.29. The van der Waals surface area contributed by atoms with Crippen molar-refractivity contribution in [1.82, 2.24) is 10.2 Å². The van der Waals surface area contributed by atoms with Crippen LogP contribution < -0.4 is 5.32 Å². The van der Waals surface area contributed by atoms with Gasteiger partial charge in [0.25, 0.3) is 0 Å². The molecular formula is C14H26N2O3. The molecule has 5 nitrogen and oxygen atoms in total. The molecule has 0 aromatic carbocycles. The summed E-state index contributed by atoms with van der Waals surface area (Å²) in [5, 5.41) is 11.7. The predicted molar refractivity (Wildman–Crippen MR) is 76.1 cm³/mol. The average molecular weight is 270 g/mol. The molecule has 1 unspecified atom stereocenters. The van der Waals surface area contributed by atoms with E-state index in [2.05, 4.69) is 11.9 Å². The summed E-state index contributed by atoms with van der Waals surface area (Å²) in [5.41, 5.74) is -0.305. The zero-order valence-electron chi connectivity index (χ0n) is 12.4. The average Bonchev–Trinajstić information content (AvgIpc) is 2.26. The molecule has 0 aromatic rings. The number of amides is 2. The van der Waals surface area contributed by atoms with Crippen LogP contribution in [-0.4, -0.2) is 41.1 Å². The first-order chi connectivity index (χ1) is 8.72. The molecule has 0 heterocycles. The highest BCUT2D eigenvalue weighted by molar-refractivity contribution is 5.76. The molecule has 0 radical (unpaired) electrons. The van der Waals surface area contributed by atoms with Crippen molar-refractivity contribution in [2.45, 2.75) is 46.6 Å². The van der Waals surface area contributed by atoms with Crippen molar-refractivity contribution in [3.63, 3.8) is 0 Å². The first-order valence-electron chi connectivity index (χ1n) is 6.60. The quantitative estimate of drug-likeness (QED) is 0.698. The molecule has 0 saturated heterocycles. The second-order valence-corrected chi connectivity index (χ2v) is 5.70. The van der Waals surface area contributed by atoms with Crippen LogP contribution in [0, 0.1) is 5.41 Å². The molecule has 0 bridgehead atoms. The van der Waals surface area contributed by atoms with E-state index >= 15 is 0 Å². The Hall–Kier alpha value is -1.52. The normalized spacial score (nSPS) is 12.6. The molecule has 0 spiro atoms. The Morgan fingerprint density at radius 2 is 2.00 bits per heavy atom. The van der Waals surface area contributed by atoms with Gasteiger partial charge in [0.1, 0.15) is 0 Å². The molecule has 19 heavy (non-hydrogen) atoms. The number of carbonyl (C=O) groups excluding carboxylic acids is 1. The van der Waals surface area contributed by atoms with E-state index in [-0.39, 0.29) is 17.9 Å². The maximum absolute atomic E-state index is 12.1. The maximum atomic E-state index is 12.1.